The lowest BCUT2D eigenvalue weighted by atomic mass is 9.92. The van der Waals surface area contributed by atoms with E-state index < -0.39 is 0 Å². The smallest absolute Gasteiger partial charge is 0.102 e. The Bertz CT molecular complexity index is 374. The van der Waals surface area contributed by atoms with Crippen LogP contribution in [0.2, 0.25) is 0 Å². The van der Waals surface area contributed by atoms with E-state index >= 15 is 0 Å². The second kappa shape index (κ2) is 2.31. The van der Waals surface area contributed by atoms with Crippen LogP contribution in [0.15, 0.2) is 33.3 Å². The van der Waals surface area contributed by atoms with Gasteiger partial charge in [0.15, 0.2) is 0 Å². The average molecular weight is 173 g/mol. The van der Waals surface area contributed by atoms with Gasteiger partial charge in [-0.2, -0.15) is 0 Å². The van der Waals surface area contributed by atoms with Gasteiger partial charge in [0.25, 0.3) is 0 Å². The van der Waals surface area contributed by atoms with Crippen LogP contribution in [0.25, 0.3) is 0 Å². The minimum absolute atomic E-state index is 0.284. The van der Waals surface area contributed by atoms with Crippen LogP contribution in [0.5, 0.6) is 0 Å². The SMILES string of the molecule is CC1=NC2C3=C(C=CC2N1)CN=C3. The van der Waals surface area contributed by atoms with Crippen LogP contribution < -0.4 is 5.32 Å². The molecule has 1 N–H and O–H groups in total. The van der Waals surface area contributed by atoms with Gasteiger partial charge in [0, 0.05) is 11.8 Å². The molecule has 3 nitrogen and oxygen atoms in total. The summed E-state index contributed by atoms with van der Waals surface area (Å²) in [5.41, 5.74) is 2.64. The molecule has 0 saturated carbocycles. The molecule has 3 aliphatic rings. The maximum absolute atomic E-state index is 4.56. The molecule has 1 aliphatic carbocycles. The zero-order valence-corrected chi connectivity index (χ0v) is 7.49. The van der Waals surface area contributed by atoms with Crippen molar-refractivity contribution in [2.75, 3.05) is 6.54 Å². The van der Waals surface area contributed by atoms with E-state index in [0.29, 0.717) is 6.04 Å². The van der Waals surface area contributed by atoms with E-state index in [4.69, 9.17) is 0 Å². The van der Waals surface area contributed by atoms with Gasteiger partial charge in [-0.05, 0) is 12.5 Å². The van der Waals surface area contributed by atoms with E-state index in [9.17, 15) is 0 Å². The van der Waals surface area contributed by atoms with Crippen LogP contribution in [0, 0.1) is 0 Å². The summed E-state index contributed by atoms with van der Waals surface area (Å²) in [6, 6.07) is 0.648. The first-order valence-corrected chi connectivity index (χ1v) is 4.56. The van der Waals surface area contributed by atoms with E-state index in [1.165, 1.54) is 11.1 Å². The number of fused-ring (bicyclic) bond motifs is 2. The van der Waals surface area contributed by atoms with Crippen LogP contribution in [0.1, 0.15) is 6.92 Å². The average Bonchev–Trinajstić information content (AvgIpc) is 2.65. The molecular formula is C10H11N3. The number of nitrogens with one attached hydrogen (secondary N) is 1. The number of aliphatic imine (C=N–C) groups is 2. The van der Waals surface area contributed by atoms with Crippen molar-refractivity contribution in [1.82, 2.24) is 5.32 Å². The predicted molar refractivity (Wildman–Crippen MR) is 53.3 cm³/mol. The summed E-state index contributed by atoms with van der Waals surface area (Å²) in [6.45, 7) is 2.85. The molecule has 2 atom stereocenters. The maximum atomic E-state index is 4.56. The Morgan fingerprint density at radius 1 is 1.54 bits per heavy atom. The first-order valence-electron chi connectivity index (χ1n) is 4.56. The van der Waals surface area contributed by atoms with Crippen molar-refractivity contribution < 1.29 is 0 Å². The van der Waals surface area contributed by atoms with E-state index in [0.717, 1.165) is 12.4 Å². The molecule has 0 spiro atoms. The maximum Gasteiger partial charge on any atom is 0.102 e. The molecule has 13 heavy (non-hydrogen) atoms. The molecule has 0 aromatic rings. The summed E-state index contributed by atoms with van der Waals surface area (Å²) in [4.78, 5) is 8.82. The predicted octanol–water partition coefficient (Wildman–Crippen LogP) is 0.696. The molecule has 0 fully saturated rings. The Hall–Kier alpha value is -1.38. The van der Waals surface area contributed by atoms with E-state index in [2.05, 4.69) is 27.5 Å². The van der Waals surface area contributed by atoms with Crippen molar-refractivity contribution in [1.29, 1.82) is 0 Å². The number of hydrogen-bond acceptors (Lipinski definition) is 3. The normalized spacial score (nSPS) is 34.4. The Balaban J connectivity index is 2.06. The minimum atomic E-state index is 0.284. The second-order valence-corrected chi connectivity index (χ2v) is 3.64. The van der Waals surface area contributed by atoms with Gasteiger partial charge >= 0.3 is 0 Å². The van der Waals surface area contributed by atoms with E-state index in [1.807, 2.05) is 13.1 Å². The molecule has 0 radical (unpaired) electrons. The van der Waals surface area contributed by atoms with Gasteiger partial charge < -0.3 is 5.32 Å². The van der Waals surface area contributed by atoms with Crippen LogP contribution >= 0.6 is 0 Å². The molecule has 2 heterocycles. The van der Waals surface area contributed by atoms with Crippen LogP contribution in [-0.4, -0.2) is 30.7 Å². The van der Waals surface area contributed by atoms with Gasteiger partial charge in [0.05, 0.1) is 18.4 Å². The standard InChI is InChI=1S/C10H11N3/c1-6-12-9-3-2-7-4-11-5-8(7)10(9)13-6/h2-3,5,9-10H,4H2,1H3,(H,12,13). The van der Waals surface area contributed by atoms with Gasteiger partial charge in [-0.15, -0.1) is 0 Å². The Morgan fingerprint density at radius 3 is 3.38 bits per heavy atom. The zero-order valence-electron chi connectivity index (χ0n) is 7.49. The molecular weight excluding hydrogens is 162 g/mol. The highest BCUT2D eigenvalue weighted by Gasteiger charge is 2.32. The molecule has 0 aromatic heterocycles. The summed E-state index contributed by atoms with van der Waals surface area (Å²) in [5.74, 6) is 1.04. The monoisotopic (exact) mass is 173 g/mol. The van der Waals surface area contributed by atoms with Crippen LogP contribution in [-0.2, 0) is 0 Å². The van der Waals surface area contributed by atoms with Crippen molar-refractivity contribution in [3.8, 4) is 0 Å². The molecule has 66 valence electrons. The molecule has 2 aliphatic heterocycles. The highest BCUT2D eigenvalue weighted by molar-refractivity contribution is 5.90. The summed E-state index contributed by atoms with van der Waals surface area (Å²) >= 11 is 0. The first kappa shape index (κ1) is 7.06. The fourth-order valence-electron chi connectivity index (χ4n) is 2.11. The van der Waals surface area contributed by atoms with Gasteiger partial charge in [-0.25, -0.2) is 0 Å². The van der Waals surface area contributed by atoms with Crippen molar-refractivity contribution in [3.63, 3.8) is 0 Å². The third-order valence-corrected chi connectivity index (χ3v) is 2.73. The third-order valence-electron chi connectivity index (χ3n) is 2.73. The Morgan fingerprint density at radius 2 is 2.46 bits per heavy atom. The highest BCUT2D eigenvalue weighted by Crippen LogP contribution is 2.27. The number of amidine groups is 1. The van der Waals surface area contributed by atoms with Crippen molar-refractivity contribution in [2.24, 2.45) is 9.98 Å². The van der Waals surface area contributed by atoms with Gasteiger partial charge in [0.2, 0.25) is 0 Å². The summed E-state index contributed by atoms with van der Waals surface area (Å²) < 4.78 is 0. The molecule has 0 saturated heterocycles. The fourth-order valence-corrected chi connectivity index (χ4v) is 2.11. The van der Waals surface area contributed by atoms with Crippen LogP contribution in [0.4, 0.5) is 0 Å². The Labute approximate surface area is 77.0 Å². The molecule has 3 heteroatoms. The van der Waals surface area contributed by atoms with Crippen molar-refractivity contribution in [3.05, 3.63) is 23.3 Å². The molecule has 0 aromatic carbocycles. The van der Waals surface area contributed by atoms with Crippen molar-refractivity contribution >= 4 is 12.1 Å². The summed E-state index contributed by atoms with van der Waals surface area (Å²) in [7, 11) is 0. The van der Waals surface area contributed by atoms with Gasteiger partial charge in [-0.3, -0.25) is 9.98 Å². The number of hydrogen-bond donors (Lipinski definition) is 1. The lowest BCUT2D eigenvalue weighted by Gasteiger charge is -2.19. The lowest BCUT2D eigenvalue weighted by Crippen LogP contribution is -2.35. The molecule has 0 bridgehead atoms. The largest absolute Gasteiger partial charge is 0.365 e. The fraction of sp³-hybridized carbons (Fsp3) is 0.400. The van der Waals surface area contributed by atoms with E-state index in [-0.39, 0.29) is 6.04 Å². The highest BCUT2D eigenvalue weighted by atomic mass is 15.1. The summed E-state index contributed by atoms with van der Waals surface area (Å²) in [5, 5.41) is 3.34. The second-order valence-electron chi connectivity index (χ2n) is 3.64. The molecule has 0 amide bonds. The van der Waals surface area contributed by atoms with E-state index in [1.54, 1.807) is 0 Å². The topological polar surface area (TPSA) is 36.8 Å². The van der Waals surface area contributed by atoms with Crippen LogP contribution in [0.3, 0.4) is 0 Å². The zero-order chi connectivity index (χ0) is 8.84. The quantitative estimate of drug-likeness (QED) is 0.575. The number of rotatable bonds is 0. The Kier molecular flexibility index (Phi) is 1.26. The van der Waals surface area contributed by atoms with Crippen molar-refractivity contribution in [2.45, 2.75) is 19.0 Å². The minimum Gasteiger partial charge on any atom is -0.365 e. The summed E-state index contributed by atoms with van der Waals surface area (Å²) in [6.07, 6.45) is 6.34. The first-order chi connectivity index (χ1) is 6.34. The van der Waals surface area contributed by atoms with Gasteiger partial charge in [-0.1, -0.05) is 12.2 Å². The molecule has 3 rings (SSSR count). The van der Waals surface area contributed by atoms with Gasteiger partial charge in [0.1, 0.15) is 6.04 Å². The third kappa shape index (κ3) is 0.899. The lowest BCUT2D eigenvalue weighted by molar-refractivity contribution is 0.679. The number of nitrogens with zero attached hydrogens (tertiary/aromatic N) is 2. The molecule has 2 unspecified atom stereocenters.